The van der Waals surface area contributed by atoms with Gasteiger partial charge in [-0.15, -0.1) is 0 Å². The molecule has 1 aliphatic heterocycles. The van der Waals surface area contributed by atoms with Gasteiger partial charge in [0.1, 0.15) is 0 Å². The van der Waals surface area contributed by atoms with Crippen LogP contribution in [0, 0.1) is 13.8 Å². The van der Waals surface area contributed by atoms with Crippen molar-refractivity contribution < 1.29 is 14.3 Å². The maximum Gasteiger partial charge on any atom is 0.318 e. The van der Waals surface area contributed by atoms with Gasteiger partial charge in [0.25, 0.3) is 0 Å². The van der Waals surface area contributed by atoms with Crippen LogP contribution < -0.4 is 5.32 Å². The van der Waals surface area contributed by atoms with E-state index in [1.165, 1.54) is 0 Å². The standard InChI is InChI=1S/C19H26N4O3/c1-14-18(15(2)23(21-14)16-7-5-4-6-8-16)17-13-26-12-10-22(17)19(24)20-9-11-25-3/h4-8,17H,9-13H2,1-3H3,(H,20,24)/t17-/m0/s1. The summed E-state index contributed by atoms with van der Waals surface area (Å²) in [5.74, 6) is 0. The summed E-state index contributed by atoms with van der Waals surface area (Å²) in [6.07, 6.45) is 0. The minimum absolute atomic E-state index is 0.0957. The lowest BCUT2D eigenvalue weighted by Gasteiger charge is -2.36. The number of hydrogen-bond donors (Lipinski definition) is 1. The number of urea groups is 1. The molecule has 1 fully saturated rings. The lowest BCUT2D eigenvalue weighted by molar-refractivity contribution is 0.0109. The van der Waals surface area contributed by atoms with Gasteiger partial charge in [-0.05, 0) is 26.0 Å². The molecule has 0 saturated carbocycles. The Morgan fingerprint density at radius 2 is 2.12 bits per heavy atom. The van der Waals surface area contributed by atoms with Crippen LogP contribution in [0.4, 0.5) is 4.79 Å². The number of benzene rings is 1. The van der Waals surface area contributed by atoms with Gasteiger partial charge in [0.05, 0.1) is 37.2 Å². The summed E-state index contributed by atoms with van der Waals surface area (Å²) in [4.78, 5) is 14.5. The highest BCUT2D eigenvalue weighted by molar-refractivity contribution is 5.75. The number of methoxy groups -OCH3 is 1. The van der Waals surface area contributed by atoms with E-state index in [-0.39, 0.29) is 12.1 Å². The summed E-state index contributed by atoms with van der Waals surface area (Å²) >= 11 is 0. The van der Waals surface area contributed by atoms with E-state index >= 15 is 0 Å². The molecule has 1 saturated heterocycles. The topological polar surface area (TPSA) is 68.6 Å². The molecule has 0 radical (unpaired) electrons. The van der Waals surface area contributed by atoms with Crippen LogP contribution >= 0.6 is 0 Å². The van der Waals surface area contributed by atoms with Crippen molar-refractivity contribution in [3.05, 3.63) is 47.3 Å². The molecule has 0 unspecified atom stereocenters. The predicted molar refractivity (Wildman–Crippen MR) is 98.6 cm³/mol. The number of ether oxygens (including phenoxy) is 2. The van der Waals surface area contributed by atoms with E-state index in [0.29, 0.717) is 32.9 Å². The van der Waals surface area contributed by atoms with Gasteiger partial charge >= 0.3 is 6.03 Å². The zero-order valence-electron chi connectivity index (χ0n) is 15.6. The molecule has 1 N–H and O–H groups in total. The van der Waals surface area contributed by atoms with Gasteiger partial charge in [-0.25, -0.2) is 9.48 Å². The zero-order valence-corrected chi connectivity index (χ0v) is 15.6. The number of morpholine rings is 1. The first-order chi connectivity index (χ1) is 12.6. The van der Waals surface area contributed by atoms with Gasteiger partial charge in [0, 0.05) is 31.5 Å². The monoisotopic (exact) mass is 358 g/mol. The maximum absolute atomic E-state index is 12.6. The van der Waals surface area contributed by atoms with Gasteiger partial charge in [-0.1, -0.05) is 18.2 Å². The zero-order chi connectivity index (χ0) is 18.5. The van der Waals surface area contributed by atoms with E-state index in [9.17, 15) is 4.79 Å². The minimum Gasteiger partial charge on any atom is -0.383 e. The van der Waals surface area contributed by atoms with Crippen molar-refractivity contribution in [3.63, 3.8) is 0 Å². The molecule has 2 aromatic rings. The van der Waals surface area contributed by atoms with Crippen molar-refractivity contribution in [2.45, 2.75) is 19.9 Å². The van der Waals surface area contributed by atoms with Crippen LogP contribution in [0.15, 0.2) is 30.3 Å². The number of nitrogens with one attached hydrogen (secondary N) is 1. The van der Waals surface area contributed by atoms with Crippen molar-refractivity contribution >= 4 is 6.03 Å². The number of rotatable bonds is 5. The van der Waals surface area contributed by atoms with Gasteiger partial charge in [-0.3, -0.25) is 0 Å². The first-order valence-electron chi connectivity index (χ1n) is 8.86. The number of carbonyl (C=O) groups is 1. The van der Waals surface area contributed by atoms with Crippen LogP contribution in [-0.2, 0) is 9.47 Å². The molecule has 0 spiro atoms. The van der Waals surface area contributed by atoms with Gasteiger partial charge in [-0.2, -0.15) is 5.10 Å². The lowest BCUT2D eigenvalue weighted by Crippen LogP contribution is -2.49. The molecule has 140 valence electrons. The molecule has 1 aliphatic rings. The maximum atomic E-state index is 12.6. The van der Waals surface area contributed by atoms with E-state index < -0.39 is 0 Å². The summed E-state index contributed by atoms with van der Waals surface area (Å²) in [6.45, 7) is 6.57. The quantitative estimate of drug-likeness (QED) is 0.832. The number of aryl methyl sites for hydroxylation is 1. The van der Waals surface area contributed by atoms with Crippen molar-refractivity contribution in [2.24, 2.45) is 0 Å². The fraction of sp³-hybridized carbons (Fsp3) is 0.474. The smallest absolute Gasteiger partial charge is 0.318 e. The Bertz CT molecular complexity index is 745. The summed E-state index contributed by atoms with van der Waals surface area (Å²) < 4.78 is 12.6. The molecule has 1 atom stereocenters. The Labute approximate surface area is 153 Å². The first-order valence-corrected chi connectivity index (χ1v) is 8.86. The van der Waals surface area contributed by atoms with Crippen LogP contribution in [0.25, 0.3) is 5.69 Å². The molecule has 1 aromatic heterocycles. The molecule has 7 nitrogen and oxygen atoms in total. The van der Waals surface area contributed by atoms with E-state index in [2.05, 4.69) is 5.32 Å². The van der Waals surface area contributed by atoms with Crippen molar-refractivity contribution in [3.8, 4) is 5.69 Å². The van der Waals surface area contributed by atoms with Crippen LogP contribution in [0.3, 0.4) is 0 Å². The Hall–Kier alpha value is -2.38. The van der Waals surface area contributed by atoms with Crippen molar-refractivity contribution in [1.82, 2.24) is 20.0 Å². The fourth-order valence-corrected chi connectivity index (χ4v) is 3.41. The molecule has 2 heterocycles. The third-order valence-electron chi connectivity index (χ3n) is 4.65. The third kappa shape index (κ3) is 3.73. The van der Waals surface area contributed by atoms with E-state index in [1.807, 2.05) is 53.8 Å². The lowest BCUT2D eigenvalue weighted by atomic mass is 10.0. The normalized spacial score (nSPS) is 17.3. The average Bonchev–Trinajstić information content (AvgIpc) is 2.97. The summed E-state index contributed by atoms with van der Waals surface area (Å²) in [5.41, 5.74) is 4.00. The molecule has 0 bridgehead atoms. The highest BCUT2D eigenvalue weighted by atomic mass is 16.5. The molecule has 0 aliphatic carbocycles. The first kappa shape index (κ1) is 18.4. The Morgan fingerprint density at radius 3 is 2.85 bits per heavy atom. The van der Waals surface area contributed by atoms with Crippen LogP contribution in [0.2, 0.25) is 0 Å². The van der Waals surface area contributed by atoms with Gasteiger partial charge in [0.2, 0.25) is 0 Å². The molecular formula is C19H26N4O3. The van der Waals surface area contributed by atoms with Crippen LogP contribution in [0.1, 0.15) is 23.0 Å². The molecule has 1 aromatic carbocycles. The number of aromatic nitrogens is 2. The van der Waals surface area contributed by atoms with Crippen molar-refractivity contribution in [1.29, 1.82) is 0 Å². The van der Waals surface area contributed by atoms with Crippen molar-refractivity contribution in [2.75, 3.05) is 40.0 Å². The fourth-order valence-electron chi connectivity index (χ4n) is 3.41. The number of amides is 2. The van der Waals surface area contributed by atoms with Gasteiger partial charge < -0.3 is 19.7 Å². The Balaban J connectivity index is 1.88. The summed E-state index contributed by atoms with van der Waals surface area (Å²) in [6, 6.07) is 9.77. The number of nitrogens with zero attached hydrogens (tertiary/aromatic N) is 3. The van der Waals surface area contributed by atoms with E-state index in [1.54, 1.807) is 7.11 Å². The minimum atomic E-state index is -0.149. The summed E-state index contributed by atoms with van der Waals surface area (Å²) in [5, 5.41) is 7.62. The number of hydrogen-bond acceptors (Lipinski definition) is 4. The SMILES string of the molecule is COCCNC(=O)N1CCOC[C@H]1c1c(C)nn(-c2ccccc2)c1C. The highest BCUT2D eigenvalue weighted by Crippen LogP contribution is 2.30. The molecule has 2 amide bonds. The Morgan fingerprint density at radius 1 is 1.35 bits per heavy atom. The second-order valence-electron chi connectivity index (χ2n) is 6.34. The van der Waals surface area contributed by atoms with Crippen LogP contribution in [-0.4, -0.2) is 60.7 Å². The molecular weight excluding hydrogens is 332 g/mol. The molecule has 26 heavy (non-hydrogen) atoms. The predicted octanol–water partition coefficient (Wildman–Crippen LogP) is 2.22. The second kappa shape index (κ2) is 8.33. The largest absolute Gasteiger partial charge is 0.383 e. The van der Waals surface area contributed by atoms with E-state index in [4.69, 9.17) is 14.6 Å². The molecule has 3 rings (SSSR count). The molecule has 7 heteroatoms. The summed E-state index contributed by atoms with van der Waals surface area (Å²) in [7, 11) is 1.62. The number of carbonyl (C=O) groups excluding carboxylic acids is 1. The van der Waals surface area contributed by atoms with E-state index in [0.717, 1.165) is 22.6 Å². The second-order valence-corrected chi connectivity index (χ2v) is 6.34. The van der Waals surface area contributed by atoms with Crippen LogP contribution in [0.5, 0.6) is 0 Å². The Kier molecular flexibility index (Phi) is 5.90. The average molecular weight is 358 g/mol. The third-order valence-corrected chi connectivity index (χ3v) is 4.65. The number of para-hydroxylation sites is 1. The highest BCUT2D eigenvalue weighted by Gasteiger charge is 2.32. The van der Waals surface area contributed by atoms with Gasteiger partial charge in [0.15, 0.2) is 0 Å².